The van der Waals surface area contributed by atoms with Gasteiger partial charge in [0, 0.05) is 28.9 Å². The first-order valence-corrected chi connectivity index (χ1v) is 7.56. The Balaban J connectivity index is 2.09. The van der Waals surface area contributed by atoms with Crippen LogP contribution in [0.15, 0.2) is 40.9 Å². The summed E-state index contributed by atoms with van der Waals surface area (Å²) in [5.74, 6) is 0. The predicted octanol–water partition coefficient (Wildman–Crippen LogP) is 3.76. The van der Waals surface area contributed by atoms with Crippen molar-refractivity contribution in [3.63, 3.8) is 0 Å². The highest BCUT2D eigenvalue weighted by atomic mass is 79.9. The van der Waals surface area contributed by atoms with Crippen LogP contribution in [0.3, 0.4) is 0 Å². The summed E-state index contributed by atoms with van der Waals surface area (Å²) in [5.41, 5.74) is 9.97. The van der Waals surface area contributed by atoms with Crippen LogP contribution in [0.1, 0.15) is 23.9 Å². The van der Waals surface area contributed by atoms with Crippen LogP contribution in [0, 0.1) is 6.92 Å². The second-order valence-electron chi connectivity index (χ2n) is 4.92. The average Bonchev–Trinajstić information content (AvgIpc) is 2.41. The monoisotopic (exact) mass is 333 g/mol. The van der Waals surface area contributed by atoms with E-state index in [0.29, 0.717) is 0 Å². The largest absolute Gasteiger partial charge is 0.399 e. The van der Waals surface area contributed by atoms with Crippen molar-refractivity contribution in [1.82, 2.24) is 9.88 Å². The van der Waals surface area contributed by atoms with Crippen molar-refractivity contribution in [3.8, 4) is 0 Å². The number of nitrogens with two attached hydrogens (primary N) is 1. The van der Waals surface area contributed by atoms with Crippen LogP contribution in [-0.4, -0.2) is 16.4 Å². The van der Waals surface area contributed by atoms with E-state index in [9.17, 15) is 0 Å². The van der Waals surface area contributed by atoms with E-state index in [4.69, 9.17) is 5.73 Å². The van der Waals surface area contributed by atoms with Crippen molar-refractivity contribution in [3.05, 3.63) is 57.8 Å². The number of hydrogen-bond donors (Lipinski definition) is 1. The zero-order valence-electron chi connectivity index (χ0n) is 11.9. The summed E-state index contributed by atoms with van der Waals surface area (Å²) < 4.78 is 1.06. The fourth-order valence-corrected chi connectivity index (χ4v) is 2.65. The fourth-order valence-electron chi connectivity index (χ4n) is 2.13. The SMILES string of the molecule is CCN(Cc1cccc(C)n1)Cc1ccc(N)cc1Br. The van der Waals surface area contributed by atoms with Gasteiger partial charge in [-0.1, -0.05) is 35.0 Å². The van der Waals surface area contributed by atoms with Gasteiger partial charge in [-0.25, -0.2) is 0 Å². The Labute approximate surface area is 129 Å². The lowest BCUT2D eigenvalue weighted by molar-refractivity contribution is 0.267. The topological polar surface area (TPSA) is 42.2 Å². The van der Waals surface area contributed by atoms with E-state index in [1.165, 1.54) is 5.56 Å². The van der Waals surface area contributed by atoms with Gasteiger partial charge in [-0.2, -0.15) is 0 Å². The molecule has 0 spiro atoms. The summed E-state index contributed by atoms with van der Waals surface area (Å²) in [7, 11) is 0. The Hall–Kier alpha value is -1.39. The molecule has 0 amide bonds. The molecule has 0 fully saturated rings. The molecule has 2 rings (SSSR count). The highest BCUT2D eigenvalue weighted by Crippen LogP contribution is 2.21. The van der Waals surface area contributed by atoms with Gasteiger partial charge < -0.3 is 5.73 Å². The normalized spacial score (nSPS) is 11.0. The first kappa shape index (κ1) is 15.0. The molecule has 1 heterocycles. The minimum Gasteiger partial charge on any atom is -0.399 e. The smallest absolute Gasteiger partial charge is 0.0547 e. The van der Waals surface area contributed by atoms with Crippen molar-refractivity contribution < 1.29 is 0 Å². The minimum absolute atomic E-state index is 0.782. The third kappa shape index (κ3) is 4.05. The molecule has 106 valence electrons. The van der Waals surface area contributed by atoms with Crippen LogP contribution in [0.25, 0.3) is 0 Å². The number of aryl methyl sites for hydroxylation is 1. The molecule has 20 heavy (non-hydrogen) atoms. The molecule has 0 aliphatic heterocycles. The van der Waals surface area contributed by atoms with E-state index in [-0.39, 0.29) is 0 Å². The van der Waals surface area contributed by atoms with Crippen LogP contribution in [-0.2, 0) is 13.1 Å². The lowest BCUT2D eigenvalue weighted by atomic mass is 10.2. The molecule has 2 N–H and O–H groups in total. The Morgan fingerprint density at radius 1 is 1.20 bits per heavy atom. The maximum Gasteiger partial charge on any atom is 0.0547 e. The third-order valence-electron chi connectivity index (χ3n) is 3.25. The Bertz CT molecular complexity index is 584. The summed E-state index contributed by atoms with van der Waals surface area (Å²) in [6.07, 6.45) is 0. The van der Waals surface area contributed by atoms with Gasteiger partial charge in [0.1, 0.15) is 0 Å². The number of nitrogen functional groups attached to an aromatic ring is 1. The van der Waals surface area contributed by atoms with Crippen LogP contribution in [0.4, 0.5) is 5.69 Å². The molecule has 1 aromatic heterocycles. The number of halogens is 1. The van der Waals surface area contributed by atoms with Crippen molar-refractivity contribution in [2.75, 3.05) is 12.3 Å². The zero-order valence-corrected chi connectivity index (χ0v) is 13.5. The molecule has 0 atom stereocenters. The average molecular weight is 334 g/mol. The number of benzene rings is 1. The van der Waals surface area contributed by atoms with Gasteiger partial charge >= 0.3 is 0 Å². The van der Waals surface area contributed by atoms with Crippen LogP contribution in [0.5, 0.6) is 0 Å². The molecule has 0 unspecified atom stereocenters. The van der Waals surface area contributed by atoms with Gasteiger partial charge in [-0.15, -0.1) is 0 Å². The van der Waals surface area contributed by atoms with Gasteiger partial charge in [0.05, 0.1) is 5.69 Å². The highest BCUT2D eigenvalue weighted by Gasteiger charge is 2.08. The maximum atomic E-state index is 5.78. The van der Waals surface area contributed by atoms with E-state index in [1.807, 2.05) is 25.1 Å². The molecular formula is C16H20BrN3. The Morgan fingerprint density at radius 2 is 2.00 bits per heavy atom. The Morgan fingerprint density at radius 3 is 2.65 bits per heavy atom. The molecule has 4 heteroatoms. The van der Waals surface area contributed by atoms with Gasteiger partial charge in [0.25, 0.3) is 0 Å². The molecular weight excluding hydrogens is 314 g/mol. The predicted molar refractivity (Wildman–Crippen MR) is 87.3 cm³/mol. The molecule has 0 bridgehead atoms. The van der Waals surface area contributed by atoms with Crippen molar-refractivity contribution in [2.24, 2.45) is 0 Å². The van der Waals surface area contributed by atoms with Gasteiger partial charge in [-0.3, -0.25) is 9.88 Å². The van der Waals surface area contributed by atoms with Crippen molar-refractivity contribution in [1.29, 1.82) is 0 Å². The van der Waals surface area contributed by atoms with Gasteiger partial charge in [-0.05, 0) is 43.3 Å². The number of anilines is 1. The van der Waals surface area contributed by atoms with E-state index >= 15 is 0 Å². The Kier molecular flexibility index (Phi) is 5.15. The van der Waals surface area contributed by atoms with Crippen molar-refractivity contribution >= 4 is 21.6 Å². The molecule has 2 aromatic rings. The molecule has 0 aliphatic rings. The first-order chi connectivity index (χ1) is 9.58. The van der Waals surface area contributed by atoms with Gasteiger partial charge in [0.15, 0.2) is 0 Å². The highest BCUT2D eigenvalue weighted by molar-refractivity contribution is 9.10. The molecule has 0 radical (unpaired) electrons. The van der Waals surface area contributed by atoms with Crippen molar-refractivity contribution in [2.45, 2.75) is 26.9 Å². The van der Waals surface area contributed by atoms with Crippen LogP contribution < -0.4 is 5.73 Å². The number of aromatic nitrogens is 1. The standard InChI is InChI=1S/C16H20BrN3/c1-3-20(11-15-6-4-5-12(2)19-15)10-13-7-8-14(18)9-16(13)17/h4-9H,3,10-11,18H2,1-2H3. The summed E-state index contributed by atoms with van der Waals surface area (Å²) in [5, 5.41) is 0. The molecule has 0 saturated heterocycles. The summed E-state index contributed by atoms with van der Waals surface area (Å²) in [6.45, 7) is 6.91. The number of nitrogens with zero attached hydrogens (tertiary/aromatic N) is 2. The van der Waals surface area contributed by atoms with E-state index in [0.717, 1.165) is 41.2 Å². The third-order valence-corrected chi connectivity index (χ3v) is 3.99. The summed E-state index contributed by atoms with van der Waals surface area (Å²) in [4.78, 5) is 6.92. The minimum atomic E-state index is 0.782. The van der Waals surface area contributed by atoms with E-state index < -0.39 is 0 Å². The lowest BCUT2D eigenvalue weighted by Gasteiger charge is -2.21. The maximum absolute atomic E-state index is 5.78. The molecule has 1 aromatic carbocycles. The molecule has 3 nitrogen and oxygen atoms in total. The number of rotatable bonds is 5. The number of hydrogen-bond acceptors (Lipinski definition) is 3. The number of pyridine rings is 1. The lowest BCUT2D eigenvalue weighted by Crippen LogP contribution is -2.23. The first-order valence-electron chi connectivity index (χ1n) is 6.77. The molecule has 0 aliphatic carbocycles. The fraction of sp³-hybridized carbons (Fsp3) is 0.312. The molecule has 0 saturated carbocycles. The van der Waals surface area contributed by atoms with Gasteiger partial charge in [0.2, 0.25) is 0 Å². The second kappa shape index (κ2) is 6.86. The van der Waals surface area contributed by atoms with E-state index in [2.05, 4.69) is 50.9 Å². The second-order valence-corrected chi connectivity index (χ2v) is 5.78. The quantitative estimate of drug-likeness (QED) is 0.847. The summed E-state index contributed by atoms with van der Waals surface area (Å²) in [6, 6.07) is 12.1. The van der Waals surface area contributed by atoms with Crippen LogP contribution >= 0.6 is 15.9 Å². The zero-order chi connectivity index (χ0) is 14.5. The van der Waals surface area contributed by atoms with Crippen LogP contribution in [0.2, 0.25) is 0 Å². The van der Waals surface area contributed by atoms with E-state index in [1.54, 1.807) is 0 Å². The summed E-state index contributed by atoms with van der Waals surface area (Å²) >= 11 is 3.58.